The Morgan fingerprint density at radius 2 is 2.35 bits per heavy atom. The second-order valence-corrected chi connectivity index (χ2v) is 5.10. The first kappa shape index (κ1) is 14.7. The monoisotopic (exact) mass is 240 g/mol. The first-order valence-corrected chi connectivity index (χ1v) is 6.90. The number of rotatable bonds is 7. The molecule has 1 heterocycles. The highest BCUT2D eigenvalue weighted by molar-refractivity contribution is 4.87. The van der Waals surface area contributed by atoms with E-state index in [0.29, 0.717) is 12.6 Å². The molecule has 0 amide bonds. The predicted molar refractivity (Wildman–Crippen MR) is 73.4 cm³/mol. The lowest BCUT2D eigenvalue weighted by Gasteiger charge is -2.24. The van der Waals surface area contributed by atoms with Crippen LogP contribution in [0.15, 0.2) is 12.2 Å². The minimum absolute atomic E-state index is 0.670. The molecular weight excluding hydrogens is 212 g/mol. The molecule has 3 nitrogen and oxygen atoms in total. The quantitative estimate of drug-likeness (QED) is 0.544. The van der Waals surface area contributed by atoms with Crippen molar-refractivity contribution < 1.29 is 4.74 Å². The number of hydrogen-bond donors (Lipinski definition) is 1. The Labute approximate surface area is 106 Å². The summed E-state index contributed by atoms with van der Waals surface area (Å²) in [5, 5.41) is 3.62. The Morgan fingerprint density at radius 3 is 3.06 bits per heavy atom. The van der Waals surface area contributed by atoms with Gasteiger partial charge in [-0.1, -0.05) is 25.5 Å². The van der Waals surface area contributed by atoms with Crippen molar-refractivity contribution in [1.29, 1.82) is 0 Å². The number of nitrogens with zero attached hydrogens (tertiary/aromatic N) is 1. The van der Waals surface area contributed by atoms with E-state index in [4.69, 9.17) is 4.74 Å². The molecule has 1 rings (SSSR count). The zero-order chi connectivity index (χ0) is 12.5. The van der Waals surface area contributed by atoms with Crippen molar-refractivity contribution in [1.82, 2.24) is 10.2 Å². The van der Waals surface area contributed by atoms with Gasteiger partial charge in [0, 0.05) is 19.1 Å². The molecule has 100 valence electrons. The first-order chi connectivity index (χ1) is 8.22. The molecular formula is C14H28N2O. The zero-order valence-electron chi connectivity index (χ0n) is 11.5. The SMILES string of the molecule is C=C(C)COCCN1CCCNC(CCC)C1. The Bertz CT molecular complexity index is 218. The van der Waals surface area contributed by atoms with E-state index in [9.17, 15) is 0 Å². The average molecular weight is 240 g/mol. The molecule has 1 aliphatic rings. The molecule has 0 bridgehead atoms. The fourth-order valence-corrected chi connectivity index (χ4v) is 2.26. The van der Waals surface area contributed by atoms with Gasteiger partial charge < -0.3 is 10.1 Å². The lowest BCUT2D eigenvalue weighted by atomic mass is 10.1. The van der Waals surface area contributed by atoms with Crippen molar-refractivity contribution in [2.45, 2.75) is 39.2 Å². The van der Waals surface area contributed by atoms with Crippen molar-refractivity contribution in [3.05, 3.63) is 12.2 Å². The zero-order valence-corrected chi connectivity index (χ0v) is 11.5. The Hall–Kier alpha value is -0.380. The van der Waals surface area contributed by atoms with Crippen LogP contribution >= 0.6 is 0 Å². The van der Waals surface area contributed by atoms with E-state index >= 15 is 0 Å². The largest absolute Gasteiger partial charge is 0.376 e. The molecule has 1 atom stereocenters. The average Bonchev–Trinajstić information content (AvgIpc) is 2.50. The van der Waals surface area contributed by atoms with Crippen LogP contribution in [-0.2, 0) is 4.74 Å². The molecule has 0 spiro atoms. The van der Waals surface area contributed by atoms with E-state index in [2.05, 4.69) is 23.7 Å². The van der Waals surface area contributed by atoms with Gasteiger partial charge in [-0.25, -0.2) is 0 Å². The number of hydrogen-bond acceptors (Lipinski definition) is 3. The molecule has 0 aliphatic carbocycles. The molecule has 17 heavy (non-hydrogen) atoms. The minimum atomic E-state index is 0.670. The summed E-state index contributed by atoms with van der Waals surface area (Å²) in [7, 11) is 0. The first-order valence-electron chi connectivity index (χ1n) is 6.90. The van der Waals surface area contributed by atoms with Gasteiger partial charge in [0.25, 0.3) is 0 Å². The Kier molecular flexibility index (Phi) is 7.49. The second-order valence-electron chi connectivity index (χ2n) is 5.10. The van der Waals surface area contributed by atoms with E-state index in [1.165, 1.54) is 32.4 Å². The molecule has 1 fully saturated rings. The van der Waals surface area contributed by atoms with Crippen LogP contribution in [0.25, 0.3) is 0 Å². The summed E-state index contributed by atoms with van der Waals surface area (Å²) in [4.78, 5) is 2.53. The van der Waals surface area contributed by atoms with Gasteiger partial charge in [-0.3, -0.25) is 4.90 Å². The van der Waals surface area contributed by atoms with Crippen molar-refractivity contribution in [2.75, 3.05) is 39.4 Å². The summed E-state index contributed by atoms with van der Waals surface area (Å²) in [5.41, 5.74) is 1.10. The fourth-order valence-electron chi connectivity index (χ4n) is 2.26. The standard InChI is InChI=1S/C14H28N2O/c1-4-6-14-11-16(8-5-7-15-14)9-10-17-12-13(2)3/h14-15H,2,4-12H2,1,3H3. The number of ether oxygens (including phenoxy) is 1. The Balaban J connectivity index is 2.19. The lowest BCUT2D eigenvalue weighted by molar-refractivity contribution is 0.118. The summed E-state index contributed by atoms with van der Waals surface area (Å²) in [6, 6.07) is 0.670. The molecule has 0 radical (unpaired) electrons. The van der Waals surface area contributed by atoms with E-state index in [1.54, 1.807) is 0 Å². The third-order valence-corrected chi connectivity index (χ3v) is 3.10. The number of nitrogens with one attached hydrogen (secondary N) is 1. The van der Waals surface area contributed by atoms with Crippen LogP contribution < -0.4 is 5.32 Å². The van der Waals surface area contributed by atoms with E-state index in [0.717, 1.165) is 25.3 Å². The van der Waals surface area contributed by atoms with Crippen LogP contribution in [0.5, 0.6) is 0 Å². The maximum absolute atomic E-state index is 5.57. The van der Waals surface area contributed by atoms with Crippen molar-refractivity contribution in [2.24, 2.45) is 0 Å². The topological polar surface area (TPSA) is 24.5 Å². The Morgan fingerprint density at radius 1 is 1.53 bits per heavy atom. The van der Waals surface area contributed by atoms with Crippen LogP contribution in [0, 0.1) is 0 Å². The maximum atomic E-state index is 5.57. The fraction of sp³-hybridized carbons (Fsp3) is 0.857. The molecule has 1 unspecified atom stereocenters. The molecule has 1 N–H and O–H groups in total. The minimum Gasteiger partial charge on any atom is -0.376 e. The van der Waals surface area contributed by atoms with Crippen molar-refractivity contribution in [3.63, 3.8) is 0 Å². The van der Waals surface area contributed by atoms with Crippen molar-refractivity contribution in [3.8, 4) is 0 Å². The normalized spacial score (nSPS) is 22.4. The smallest absolute Gasteiger partial charge is 0.0672 e. The summed E-state index contributed by atoms with van der Waals surface area (Å²) in [6.45, 7) is 14.2. The summed E-state index contributed by atoms with van der Waals surface area (Å²) in [6.07, 6.45) is 3.79. The van der Waals surface area contributed by atoms with Gasteiger partial charge in [-0.05, 0) is 32.9 Å². The van der Waals surface area contributed by atoms with Gasteiger partial charge in [-0.2, -0.15) is 0 Å². The van der Waals surface area contributed by atoms with E-state index in [1.807, 2.05) is 6.92 Å². The van der Waals surface area contributed by atoms with Crippen molar-refractivity contribution >= 4 is 0 Å². The van der Waals surface area contributed by atoms with E-state index in [-0.39, 0.29) is 0 Å². The highest BCUT2D eigenvalue weighted by Crippen LogP contribution is 2.05. The molecule has 3 heteroatoms. The lowest BCUT2D eigenvalue weighted by Crippen LogP contribution is -2.38. The summed E-state index contributed by atoms with van der Waals surface area (Å²) in [5.74, 6) is 0. The molecule has 0 aromatic carbocycles. The van der Waals surface area contributed by atoms with Crippen LogP contribution in [0.1, 0.15) is 33.1 Å². The second kappa shape index (κ2) is 8.67. The maximum Gasteiger partial charge on any atom is 0.0672 e. The summed E-state index contributed by atoms with van der Waals surface area (Å²) < 4.78 is 5.57. The summed E-state index contributed by atoms with van der Waals surface area (Å²) >= 11 is 0. The van der Waals surface area contributed by atoms with Gasteiger partial charge in [0.1, 0.15) is 0 Å². The molecule has 1 aliphatic heterocycles. The van der Waals surface area contributed by atoms with Crippen LogP contribution in [0.4, 0.5) is 0 Å². The van der Waals surface area contributed by atoms with Gasteiger partial charge >= 0.3 is 0 Å². The van der Waals surface area contributed by atoms with E-state index < -0.39 is 0 Å². The van der Waals surface area contributed by atoms with Gasteiger partial charge in [0.2, 0.25) is 0 Å². The molecule has 0 aromatic heterocycles. The molecule has 0 saturated carbocycles. The van der Waals surface area contributed by atoms with Crippen LogP contribution in [0.2, 0.25) is 0 Å². The molecule has 0 aromatic rings. The third-order valence-electron chi connectivity index (χ3n) is 3.10. The van der Waals surface area contributed by atoms with Gasteiger partial charge in [-0.15, -0.1) is 0 Å². The van der Waals surface area contributed by atoms with Crippen LogP contribution in [0.3, 0.4) is 0 Å². The third kappa shape index (κ3) is 6.81. The van der Waals surface area contributed by atoms with Gasteiger partial charge in [0.05, 0.1) is 13.2 Å². The highest BCUT2D eigenvalue weighted by atomic mass is 16.5. The van der Waals surface area contributed by atoms with Gasteiger partial charge in [0.15, 0.2) is 0 Å². The highest BCUT2D eigenvalue weighted by Gasteiger charge is 2.16. The van der Waals surface area contributed by atoms with Crippen LogP contribution in [-0.4, -0.2) is 50.3 Å². The predicted octanol–water partition coefficient (Wildman–Crippen LogP) is 2.04. The molecule has 1 saturated heterocycles.